The Kier molecular flexibility index (Phi) is 10.2. The van der Waals surface area contributed by atoms with E-state index in [1.54, 1.807) is 33.4 Å². The normalized spacial score (nSPS) is 11.6. The van der Waals surface area contributed by atoms with Gasteiger partial charge in [-0.3, -0.25) is 0 Å². The van der Waals surface area contributed by atoms with Crippen LogP contribution in [0, 0.1) is 34.9 Å². The summed E-state index contributed by atoms with van der Waals surface area (Å²) in [6, 6.07) is 62.9. The van der Waals surface area contributed by atoms with Gasteiger partial charge in [-0.1, -0.05) is 60.7 Å². The summed E-state index contributed by atoms with van der Waals surface area (Å²) < 4.78 is 91.1. The van der Waals surface area contributed by atoms with Crippen molar-refractivity contribution in [3.63, 3.8) is 0 Å². The van der Waals surface area contributed by atoms with Gasteiger partial charge in [0.2, 0.25) is 0 Å². The van der Waals surface area contributed by atoms with Gasteiger partial charge >= 0.3 is 0 Å². The first-order chi connectivity index (χ1) is 34.2. The first kappa shape index (κ1) is 42.3. The van der Waals surface area contributed by atoms with Crippen molar-refractivity contribution in [1.82, 2.24) is 9.13 Å². The smallest absolute Gasteiger partial charge is 0.150 e. The topological polar surface area (TPSA) is 16.3 Å². The van der Waals surface area contributed by atoms with Gasteiger partial charge in [0.25, 0.3) is 0 Å². The molecule has 0 fully saturated rings. The zero-order valence-corrected chi connectivity index (χ0v) is 36.8. The lowest BCUT2D eigenvalue weighted by Gasteiger charge is -2.26. The number of aromatic nitrogens is 2. The van der Waals surface area contributed by atoms with E-state index in [2.05, 4.69) is 0 Å². The largest absolute Gasteiger partial charge is 0.310 e. The highest BCUT2D eigenvalue weighted by atomic mass is 19.2. The summed E-state index contributed by atoms with van der Waals surface area (Å²) in [6.07, 6.45) is 0. The molecule has 0 saturated carbocycles. The molecule has 12 aromatic rings. The van der Waals surface area contributed by atoms with E-state index in [1.165, 1.54) is 48.5 Å². The molecule has 0 aliphatic carbocycles. The van der Waals surface area contributed by atoms with Crippen molar-refractivity contribution in [1.29, 1.82) is 0 Å². The average molecular weight is 927 g/mol. The molecular formula is C60H36F6N4. The van der Waals surface area contributed by atoms with Gasteiger partial charge < -0.3 is 18.9 Å². The molecule has 70 heavy (non-hydrogen) atoms. The van der Waals surface area contributed by atoms with E-state index in [9.17, 15) is 17.6 Å². The maximum absolute atomic E-state index is 15.3. The molecule has 0 saturated heterocycles. The number of para-hydroxylation sites is 2. The van der Waals surface area contributed by atoms with Gasteiger partial charge in [-0.25, -0.2) is 26.3 Å². The standard InChI is InChI=1S/C60H36F6N4/c61-39-13-23-45(24-14-39)67(47-27-31-57-51(35-47)49-5-1-3-7-55(49)69(57)59-29-17-41(63)33-53(59)65)43-19-9-37(10-20-43)38-11-21-44(22-12-38)68(46-25-15-40(62)16-26-46)48-28-32-58-52(36-48)50-6-2-4-8-56(50)70(58)60-30-18-42(64)34-54(60)66/h1-36H. The first-order valence-electron chi connectivity index (χ1n) is 22.5. The number of fused-ring (bicyclic) bond motifs is 6. The molecule has 0 N–H and O–H groups in total. The van der Waals surface area contributed by atoms with Crippen molar-refractivity contribution in [3.8, 4) is 22.5 Å². The van der Waals surface area contributed by atoms with Crippen molar-refractivity contribution in [2.45, 2.75) is 0 Å². The second kappa shape index (κ2) is 16.9. The third kappa shape index (κ3) is 7.28. The zero-order valence-electron chi connectivity index (χ0n) is 36.8. The van der Waals surface area contributed by atoms with E-state index in [0.717, 1.165) is 101 Å². The Morgan fingerprint density at radius 1 is 0.257 bits per heavy atom. The van der Waals surface area contributed by atoms with Crippen LogP contribution in [0.25, 0.3) is 66.1 Å². The summed E-state index contributed by atoms with van der Waals surface area (Å²) in [5, 5.41) is 3.46. The van der Waals surface area contributed by atoms with Crippen molar-refractivity contribution in [3.05, 3.63) is 253 Å². The van der Waals surface area contributed by atoms with E-state index in [4.69, 9.17) is 0 Å². The van der Waals surface area contributed by atoms with E-state index in [1.807, 2.05) is 143 Å². The quantitative estimate of drug-likeness (QED) is 0.134. The van der Waals surface area contributed by atoms with Gasteiger partial charge in [-0.15, -0.1) is 0 Å². The Balaban J connectivity index is 0.912. The zero-order chi connectivity index (χ0) is 47.6. The van der Waals surface area contributed by atoms with Crippen LogP contribution in [0.5, 0.6) is 0 Å². The van der Waals surface area contributed by atoms with Crippen LogP contribution in [-0.4, -0.2) is 9.13 Å². The van der Waals surface area contributed by atoms with Crippen LogP contribution in [-0.2, 0) is 0 Å². The van der Waals surface area contributed by atoms with Crippen molar-refractivity contribution in [2.24, 2.45) is 0 Å². The lowest BCUT2D eigenvalue weighted by molar-refractivity contribution is 0.578. The molecule has 12 rings (SSSR count). The minimum atomic E-state index is -0.679. The average Bonchev–Trinajstić information content (AvgIpc) is 3.88. The van der Waals surface area contributed by atoms with Crippen LogP contribution in [0.3, 0.4) is 0 Å². The number of hydrogen-bond donors (Lipinski definition) is 0. The number of halogens is 6. The van der Waals surface area contributed by atoms with Gasteiger partial charge in [-0.05, 0) is 157 Å². The highest BCUT2D eigenvalue weighted by Gasteiger charge is 2.22. The minimum absolute atomic E-state index is 0.228. The molecule has 0 aliphatic heterocycles. The Morgan fingerprint density at radius 2 is 0.571 bits per heavy atom. The molecule has 0 bridgehead atoms. The SMILES string of the molecule is Fc1ccc(N(c2ccc(-c3ccc(N(c4ccc(F)cc4)c4ccc5c(c4)c4ccccc4n5-c4ccc(F)cc4F)cc3)cc2)c2ccc3c(c2)c2ccccc2n3-c2ccc(F)cc2F)cc1. The van der Waals surface area contributed by atoms with Crippen LogP contribution in [0.2, 0.25) is 0 Å². The monoisotopic (exact) mass is 926 g/mol. The highest BCUT2D eigenvalue weighted by Crippen LogP contribution is 2.43. The lowest BCUT2D eigenvalue weighted by Crippen LogP contribution is -2.10. The number of nitrogens with zero attached hydrogens (tertiary/aromatic N) is 4. The lowest BCUT2D eigenvalue weighted by atomic mass is 10.0. The number of anilines is 6. The first-order valence-corrected chi connectivity index (χ1v) is 22.5. The molecule has 0 radical (unpaired) electrons. The summed E-state index contributed by atoms with van der Waals surface area (Å²) >= 11 is 0. The molecule has 0 spiro atoms. The fraction of sp³-hybridized carbons (Fsp3) is 0. The summed E-state index contributed by atoms with van der Waals surface area (Å²) in [7, 11) is 0. The molecule has 0 unspecified atom stereocenters. The Labute approximate surface area is 397 Å². The van der Waals surface area contributed by atoms with E-state index in [-0.39, 0.29) is 23.0 Å². The second-order valence-corrected chi connectivity index (χ2v) is 17.0. The van der Waals surface area contributed by atoms with Crippen LogP contribution in [0.1, 0.15) is 0 Å². The van der Waals surface area contributed by atoms with Crippen molar-refractivity contribution in [2.75, 3.05) is 9.80 Å². The molecular weight excluding hydrogens is 891 g/mol. The summed E-state index contributed by atoms with van der Waals surface area (Å²) in [6.45, 7) is 0. The summed E-state index contributed by atoms with van der Waals surface area (Å²) in [5.41, 5.74) is 9.93. The molecule has 338 valence electrons. The Hall–Kier alpha value is -9.02. The molecule has 0 atom stereocenters. The molecule has 2 aromatic heterocycles. The van der Waals surface area contributed by atoms with E-state index < -0.39 is 23.3 Å². The fourth-order valence-corrected chi connectivity index (χ4v) is 9.72. The maximum Gasteiger partial charge on any atom is 0.150 e. The van der Waals surface area contributed by atoms with Crippen molar-refractivity contribution < 1.29 is 26.3 Å². The number of benzene rings is 10. The van der Waals surface area contributed by atoms with Gasteiger partial charge in [0, 0.05) is 67.8 Å². The maximum atomic E-state index is 15.3. The van der Waals surface area contributed by atoms with E-state index in [0.29, 0.717) is 0 Å². The van der Waals surface area contributed by atoms with Gasteiger partial charge in [0.1, 0.15) is 34.9 Å². The molecule has 10 heteroatoms. The predicted molar refractivity (Wildman–Crippen MR) is 270 cm³/mol. The third-order valence-corrected chi connectivity index (χ3v) is 12.9. The minimum Gasteiger partial charge on any atom is -0.310 e. The molecule has 4 nitrogen and oxygen atoms in total. The van der Waals surface area contributed by atoms with Gasteiger partial charge in [-0.2, -0.15) is 0 Å². The molecule has 0 aliphatic rings. The predicted octanol–water partition coefficient (Wildman–Crippen LogP) is 17.3. The number of hydrogen-bond acceptors (Lipinski definition) is 2. The van der Waals surface area contributed by atoms with Gasteiger partial charge in [0.05, 0.1) is 33.4 Å². The van der Waals surface area contributed by atoms with Crippen LogP contribution in [0.4, 0.5) is 60.5 Å². The fourth-order valence-electron chi connectivity index (χ4n) is 9.72. The van der Waals surface area contributed by atoms with E-state index >= 15 is 8.78 Å². The van der Waals surface area contributed by atoms with Crippen LogP contribution in [0.15, 0.2) is 218 Å². The highest BCUT2D eigenvalue weighted by molar-refractivity contribution is 6.12. The summed E-state index contributed by atoms with van der Waals surface area (Å²) in [5.74, 6) is -3.41. The van der Waals surface area contributed by atoms with Crippen LogP contribution < -0.4 is 9.80 Å². The number of rotatable bonds is 9. The van der Waals surface area contributed by atoms with Crippen molar-refractivity contribution >= 4 is 77.7 Å². The molecule has 2 heterocycles. The molecule has 0 amide bonds. The Bertz CT molecular complexity index is 3700. The molecule has 10 aromatic carbocycles. The summed E-state index contributed by atoms with van der Waals surface area (Å²) in [4.78, 5) is 4.06. The van der Waals surface area contributed by atoms with Crippen LogP contribution >= 0.6 is 0 Å². The third-order valence-electron chi connectivity index (χ3n) is 12.9. The van der Waals surface area contributed by atoms with Gasteiger partial charge in [0.15, 0.2) is 0 Å². The second-order valence-electron chi connectivity index (χ2n) is 17.0. The Morgan fingerprint density at radius 3 is 0.943 bits per heavy atom.